The number of carbonyl (C=O) groups excluding carboxylic acids is 3. The van der Waals surface area contributed by atoms with Crippen LogP contribution < -0.4 is 0 Å². The Hall–Kier alpha value is -2.44. The first-order valence-corrected chi connectivity index (χ1v) is 8.84. The van der Waals surface area contributed by atoms with Gasteiger partial charge in [-0.25, -0.2) is 4.39 Å². The van der Waals surface area contributed by atoms with Crippen molar-refractivity contribution in [3.8, 4) is 0 Å². The molecular weight excluding hydrogens is 337 g/mol. The van der Waals surface area contributed by atoms with Crippen LogP contribution in [0, 0.1) is 18.7 Å². The third kappa shape index (κ3) is 3.43. The quantitative estimate of drug-likeness (QED) is 0.815. The average molecular weight is 361 g/mol. The summed E-state index contributed by atoms with van der Waals surface area (Å²) in [7, 11) is 3.31. The highest BCUT2D eigenvalue weighted by atomic mass is 19.1. The Morgan fingerprint density at radius 1 is 1.23 bits per heavy atom. The zero-order valence-corrected chi connectivity index (χ0v) is 15.4. The van der Waals surface area contributed by atoms with Crippen molar-refractivity contribution in [2.75, 3.05) is 33.7 Å². The van der Waals surface area contributed by atoms with Gasteiger partial charge in [0.2, 0.25) is 11.8 Å². The van der Waals surface area contributed by atoms with Gasteiger partial charge in [0.25, 0.3) is 5.91 Å². The first-order valence-electron chi connectivity index (χ1n) is 8.84. The van der Waals surface area contributed by atoms with Gasteiger partial charge >= 0.3 is 0 Å². The first kappa shape index (κ1) is 18.4. The smallest absolute Gasteiger partial charge is 0.254 e. The summed E-state index contributed by atoms with van der Waals surface area (Å²) in [6, 6.07) is 4.27. The Bertz CT molecular complexity index is 750. The van der Waals surface area contributed by atoms with Crippen LogP contribution in [0.5, 0.6) is 0 Å². The minimum Gasteiger partial charge on any atom is -0.347 e. The summed E-state index contributed by atoms with van der Waals surface area (Å²) in [6.07, 6.45) is 1.48. The zero-order chi connectivity index (χ0) is 19.0. The van der Waals surface area contributed by atoms with Crippen molar-refractivity contribution in [3.05, 3.63) is 35.1 Å². The number of piperidine rings is 1. The molecule has 0 aromatic heterocycles. The monoisotopic (exact) mass is 361 g/mol. The average Bonchev–Trinajstić information content (AvgIpc) is 2.89. The number of nitrogens with zero attached hydrogens (tertiary/aromatic N) is 3. The molecule has 0 aliphatic carbocycles. The SMILES string of the molecule is Cc1ccc(C(=O)N2C[C@@H]3CC[C@H](C2)N(CC(=O)N(C)C)C3=O)cc1F. The van der Waals surface area contributed by atoms with Gasteiger partial charge in [-0.3, -0.25) is 14.4 Å². The van der Waals surface area contributed by atoms with Crippen molar-refractivity contribution in [3.63, 3.8) is 0 Å². The summed E-state index contributed by atoms with van der Waals surface area (Å²) < 4.78 is 13.8. The van der Waals surface area contributed by atoms with Gasteiger partial charge in [0, 0.05) is 38.8 Å². The molecule has 1 aromatic carbocycles. The largest absolute Gasteiger partial charge is 0.347 e. The van der Waals surface area contributed by atoms with Gasteiger partial charge in [-0.2, -0.15) is 0 Å². The molecule has 3 amide bonds. The third-order valence-electron chi connectivity index (χ3n) is 5.30. The predicted molar refractivity (Wildman–Crippen MR) is 94.0 cm³/mol. The fourth-order valence-electron chi connectivity index (χ4n) is 3.61. The van der Waals surface area contributed by atoms with Crippen molar-refractivity contribution in [1.82, 2.24) is 14.7 Å². The lowest BCUT2D eigenvalue weighted by atomic mass is 9.94. The Morgan fingerprint density at radius 2 is 1.96 bits per heavy atom. The van der Waals surface area contributed by atoms with E-state index in [0.29, 0.717) is 25.1 Å². The summed E-state index contributed by atoms with van der Waals surface area (Å²) >= 11 is 0. The van der Waals surface area contributed by atoms with Crippen molar-refractivity contribution in [2.45, 2.75) is 25.8 Å². The molecule has 6 nitrogen and oxygen atoms in total. The van der Waals surface area contributed by atoms with Crippen molar-refractivity contribution < 1.29 is 18.8 Å². The van der Waals surface area contributed by atoms with Gasteiger partial charge in [-0.15, -0.1) is 0 Å². The molecule has 7 heteroatoms. The molecule has 2 atom stereocenters. The van der Waals surface area contributed by atoms with Crippen molar-refractivity contribution in [2.24, 2.45) is 5.92 Å². The number of hydrogen-bond acceptors (Lipinski definition) is 3. The number of halogens is 1. The second-order valence-corrected chi connectivity index (χ2v) is 7.36. The lowest BCUT2D eigenvalue weighted by Gasteiger charge is -2.35. The van der Waals surface area contributed by atoms with Crippen LogP contribution in [0.2, 0.25) is 0 Å². The number of aryl methyl sites for hydroxylation is 1. The molecule has 1 aromatic rings. The molecule has 0 radical (unpaired) electrons. The first-order chi connectivity index (χ1) is 12.3. The Kier molecular flexibility index (Phi) is 4.98. The van der Waals surface area contributed by atoms with Crippen LogP contribution in [0.25, 0.3) is 0 Å². The van der Waals surface area contributed by atoms with Gasteiger partial charge in [0.15, 0.2) is 0 Å². The van der Waals surface area contributed by atoms with E-state index in [-0.39, 0.29) is 41.8 Å². The van der Waals surface area contributed by atoms with Crippen LogP contribution in [0.4, 0.5) is 4.39 Å². The summed E-state index contributed by atoms with van der Waals surface area (Å²) in [4.78, 5) is 42.3. The van der Waals surface area contributed by atoms with Gasteiger partial charge in [0.1, 0.15) is 12.4 Å². The second-order valence-electron chi connectivity index (χ2n) is 7.36. The third-order valence-corrected chi connectivity index (χ3v) is 5.30. The highest BCUT2D eigenvalue weighted by Crippen LogP contribution is 2.30. The molecule has 0 N–H and O–H groups in total. The van der Waals surface area contributed by atoms with E-state index >= 15 is 0 Å². The van der Waals surface area contributed by atoms with Gasteiger partial charge in [0.05, 0.1) is 5.92 Å². The van der Waals surface area contributed by atoms with E-state index in [0.717, 1.165) is 6.42 Å². The number of likely N-dealkylation sites (N-methyl/N-ethyl adjacent to an activating group) is 1. The lowest BCUT2D eigenvalue weighted by molar-refractivity contribution is -0.145. The van der Waals surface area contributed by atoms with E-state index in [9.17, 15) is 18.8 Å². The summed E-state index contributed by atoms with van der Waals surface area (Å²) in [6.45, 7) is 2.37. The van der Waals surface area contributed by atoms with Crippen molar-refractivity contribution >= 4 is 17.7 Å². The van der Waals surface area contributed by atoms with E-state index in [2.05, 4.69) is 0 Å². The summed E-state index contributed by atoms with van der Waals surface area (Å²) in [5.74, 6) is -1.19. The number of benzene rings is 1. The molecule has 3 aliphatic rings. The minimum atomic E-state index is -0.414. The fourth-order valence-corrected chi connectivity index (χ4v) is 3.61. The van der Waals surface area contributed by atoms with E-state index in [4.69, 9.17) is 0 Å². The topological polar surface area (TPSA) is 60.9 Å². The van der Waals surface area contributed by atoms with Crippen LogP contribution in [0.15, 0.2) is 18.2 Å². The molecule has 0 saturated carbocycles. The van der Waals surface area contributed by atoms with Crippen molar-refractivity contribution in [1.29, 1.82) is 0 Å². The Balaban J connectivity index is 1.80. The minimum absolute atomic E-state index is 0.0359. The Labute approximate surface area is 152 Å². The highest BCUT2D eigenvalue weighted by Gasteiger charge is 2.42. The molecule has 3 fully saturated rings. The molecular formula is C19H24FN3O3. The van der Waals surface area contributed by atoms with Crippen LogP contribution in [0.1, 0.15) is 28.8 Å². The molecule has 3 aliphatic heterocycles. The zero-order valence-electron chi connectivity index (χ0n) is 15.4. The van der Waals surface area contributed by atoms with E-state index < -0.39 is 5.82 Å². The van der Waals surface area contributed by atoms with Gasteiger partial charge < -0.3 is 14.7 Å². The van der Waals surface area contributed by atoms with E-state index in [1.54, 1.807) is 43.0 Å². The fraction of sp³-hybridized carbons (Fsp3) is 0.526. The number of hydrogen-bond donors (Lipinski definition) is 0. The van der Waals surface area contributed by atoms with Crippen LogP contribution >= 0.6 is 0 Å². The van der Waals surface area contributed by atoms with Crippen LogP contribution in [-0.2, 0) is 9.59 Å². The lowest BCUT2D eigenvalue weighted by Crippen LogP contribution is -2.51. The number of fused-ring (bicyclic) bond motifs is 4. The number of rotatable bonds is 3. The second kappa shape index (κ2) is 7.05. The van der Waals surface area contributed by atoms with Crippen LogP contribution in [-0.4, -0.2) is 72.2 Å². The summed E-state index contributed by atoms with van der Waals surface area (Å²) in [5.41, 5.74) is 0.777. The molecule has 0 spiro atoms. The molecule has 3 saturated heterocycles. The van der Waals surface area contributed by atoms with Gasteiger partial charge in [-0.1, -0.05) is 6.07 Å². The molecule has 4 rings (SSSR count). The molecule has 26 heavy (non-hydrogen) atoms. The maximum Gasteiger partial charge on any atom is 0.254 e. The molecule has 140 valence electrons. The Morgan fingerprint density at radius 3 is 2.62 bits per heavy atom. The van der Waals surface area contributed by atoms with Gasteiger partial charge in [-0.05, 0) is 37.5 Å². The van der Waals surface area contributed by atoms with Crippen LogP contribution in [0.3, 0.4) is 0 Å². The predicted octanol–water partition coefficient (Wildman–Crippen LogP) is 1.29. The standard InChI is InChI=1S/C19H24FN3O3/c1-12-4-5-13(8-16(12)20)18(25)22-9-14-6-7-15(10-22)23(19(14)26)11-17(24)21(2)3/h4-5,8,14-15H,6-7,9-11H2,1-3H3/t14-,15+/m0/s1. The number of carbonyl (C=O) groups is 3. The van der Waals surface area contributed by atoms with E-state index in [1.165, 1.54) is 11.0 Å². The summed E-state index contributed by atoms with van der Waals surface area (Å²) in [5, 5.41) is 0. The maximum atomic E-state index is 13.8. The molecule has 3 heterocycles. The normalized spacial score (nSPS) is 22.4. The van der Waals surface area contributed by atoms with E-state index in [1.807, 2.05) is 0 Å². The maximum absolute atomic E-state index is 13.8. The highest BCUT2D eigenvalue weighted by molar-refractivity contribution is 5.95. The molecule has 0 unspecified atom stereocenters. The molecule has 2 bridgehead atoms. The number of amides is 3.